The van der Waals surface area contributed by atoms with Crippen molar-refractivity contribution in [2.75, 3.05) is 0 Å². The molecule has 0 unspecified atom stereocenters. The maximum absolute atomic E-state index is 10.1. The summed E-state index contributed by atoms with van der Waals surface area (Å²) in [5.74, 6) is -0.799. The Balaban J connectivity index is 3.73. The second kappa shape index (κ2) is 6.40. The van der Waals surface area contributed by atoms with Gasteiger partial charge in [-0.1, -0.05) is 30.9 Å². The minimum Gasteiger partial charge on any atom is -0.481 e. The number of carboxylic acids is 1. The Morgan fingerprint density at radius 3 is 2.42 bits per heavy atom. The van der Waals surface area contributed by atoms with E-state index in [-0.39, 0.29) is 6.42 Å². The molecule has 0 aromatic heterocycles. The van der Waals surface area contributed by atoms with Crippen LogP contribution in [0.5, 0.6) is 0 Å². The monoisotopic (exact) mass is 166 g/mol. The second-order valence-electron chi connectivity index (χ2n) is 2.34. The molecule has 0 radical (unpaired) electrons. The molecule has 0 aliphatic rings. The number of aliphatic carboxylic acids is 1. The van der Waals surface area contributed by atoms with Crippen molar-refractivity contribution in [3.63, 3.8) is 0 Å². The van der Waals surface area contributed by atoms with Gasteiger partial charge in [0.25, 0.3) is 0 Å². The summed E-state index contributed by atoms with van der Waals surface area (Å²) < 4.78 is 0. The Morgan fingerprint density at radius 2 is 2.00 bits per heavy atom. The van der Waals surface area contributed by atoms with Gasteiger partial charge in [-0.3, -0.25) is 4.79 Å². The smallest absolute Gasteiger partial charge is 0.307 e. The summed E-state index contributed by atoms with van der Waals surface area (Å²) in [6.07, 6.45) is 8.06. The van der Waals surface area contributed by atoms with Crippen molar-refractivity contribution in [1.82, 2.24) is 0 Å². The number of hydrogen-bond donors (Lipinski definition) is 1. The zero-order valence-electron chi connectivity index (χ0n) is 7.29. The van der Waals surface area contributed by atoms with Gasteiger partial charge in [0.15, 0.2) is 0 Å². The third kappa shape index (κ3) is 5.47. The molecule has 0 atom stereocenters. The quantitative estimate of drug-likeness (QED) is 0.503. The molecule has 1 N–H and O–H groups in total. The first-order chi connectivity index (χ1) is 5.70. The Labute approximate surface area is 72.9 Å². The second-order valence-corrected chi connectivity index (χ2v) is 2.34. The van der Waals surface area contributed by atoms with E-state index >= 15 is 0 Å². The average Bonchev–Trinajstić information content (AvgIpc) is 2.04. The van der Waals surface area contributed by atoms with E-state index in [9.17, 15) is 4.79 Å². The van der Waals surface area contributed by atoms with Crippen LogP contribution >= 0.6 is 0 Å². The van der Waals surface area contributed by atoms with Crippen LogP contribution in [-0.2, 0) is 4.79 Å². The zero-order valence-corrected chi connectivity index (χ0v) is 7.29. The Bertz CT molecular complexity index is 212. The van der Waals surface area contributed by atoms with Crippen LogP contribution in [0.4, 0.5) is 0 Å². The summed E-state index contributed by atoms with van der Waals surface area (Å²) in [6.45, 7) is 5.56. The van der Waals surface area contributed by atoms with E-state index in [1.807, 2.05) is 19.1 Å². The van der Waals surface area contributed by atoms with Crippen LogP contribution in [0.15, 0.2) is 36.5 Å². The molecule has 0 saturated heterocycles. The number of hydrogen-bond acceptors (Lipinski definition) is 1. The first-order valence-electron chi connectivity index (χ1n) is 3.85. The molecule has 0 saturated carbocycles. The zero-order chi connectivity index (χ0) is 9.40. The van der Waals surface area contributed by atoms with Crippen LogP contribution in [0.25, 0.3) is 0 Å². The van der Waals surface area contributed by atoms with Gasteiger partial charge in [0.05, 0.1) is 6.42 Å². The van der Waals surface area contributed by atoms with Gasteiger partial charge in [-0.25, -0.2) is 0 Å². The van der Waals surface area contributed by atoms with Crippen LogP contribution in [-0.4, -0.2) is 11.1 Å². The summed E-state index contributed by atoms with van der Waals surface area (Å²) in [5, 5.41) is 8.31. The van der Waals surface area contributed by atoms with Crippen molar-refractivity contribution < 1.29 is 9.90 Å². The molecule has 0 aliphatic heterocycles. The molecule has 0 heterocycles. The highest BCUT2D eigenvalue weighted by molar-refractivity contribution is 5.68. The molecular formula is C10H14O2. The topological polar surface area (TPSA) is 37.3 Å². The lowest BCUT2D eigenvalue weighted by Crippen LogP contribution is -1.89. The minimum absolute atomic E-state index is 0.0914. The number of carbonyl (C=O) groups is 1. The van der Waals surface area contributed by atoms with Crippen LogP contribution in [0, 0.1) is 0 Å². The van der Waals surface area contributed by atoms with E-state index in [4.69, 9.17) is 5.11 Å². The molecule has 0 aromatic carbocycles. The number of rotatable bonds is 5. The summed E-state index contributed by atoms with van der Waals surface area (Å²) in [7, 11) is 0. The van der Waals surface area contributed by atoms with Crippen LogP contribution in [0.3, 0.4) is 0 Å². The molecule has 2 heteroatoms. The Morgan fingerprint density at radius 1 is 1.42 bits per heavy atom. The molecule has 0 spiro atoms. The first kappa shape index (κ1) is 10.7. The summed E-state index contributed by atoms with van der Waals surface area (Å²) in [5.41, 5.74) is 1.11. The molecule has 0 rings (SSSR count). The van der Waals surface area contributed by atoms with E-state index in [0.717, 1.165) is 12.0 Å². The van der Waals surface area contributed by atoms with Crippen molar-refractivity contribution in [1.29, 1.82) is 0 Å². The molecule has 66 valence electrons. The van der Waals surface area contributed by atoms with E-state index < -0.39 is 5.97 Å². The SMILES string of the molecule is C=CC(=CC)CC=CCC(=O)O. The fourth-order valence-corrected chi connectivity index (χ4v) is 0.723. The van der Waals surface area contributed by atoms with Gasteiger partial charge in [-0.15, -0.1) is 0 Å². The van der Waals surface area contributed by atoms with Gasteiger partial charge >= 0.3 is 5.97 Å². The molecule has 0 aromatic rings. The number of carboxylic acid groups (broad SMARTS) is 1. The molecule has 0 aliphatic carbocycles. The predicted molar refractivity (Wildman–Crippen MR) is 50.0 cm³/mol. The summed E-state index contributed by atoms with van der Waals surface area (Å²) in [6, 6.07) is 0. The normalized spacial score (nSPS) is 11.9. The highest BCUT2D eigenvalue weighted by atomic mass is 16.4. The maximum Gasteiger partial charge on any atom is 0.307 e. The lowest BCUT2D eigenvalue weighted by Gasteiger charge is -1.92. The van der Waals surface area contributed by atoms with E-state index in [2.05, 4.69) is 6.58 Å². The highest BCUT2D eigenvalue weighted by Crippen LogP contribution is 2.02. The molecule has 0 bridgehead atoms. The van der Waals surface area contributed by atoms with Crippen LogP contribution in [0.2, 0.25) is 0 Å². The van der Waals surface area contributed by atoms with Gasteiger partial charge in [-0.05, 0) is 18.9 Å². The van der Waals surface area contributed by atoms with Crippen molar-refractivity contribution in [3.8, 4) is 0 Å². The van der Waals surface area contributed by atoms with Crippen molar-refractivity contribution in [3.05, 3.63) is 36.5 Å². The van der Waals surface area contributed by atoms with Crippen LogP contribution in [0.1, 0.15) is 19.8 Å². The fourth-order valence-electron chi connectivity index (χ4n) is 0.723. The molecule has 2 nitrogen and oxygen atoms in total. The van der Waals surface area contributed by atoms with Gasteiger partial charge in [0.1, 0.15) is 0 Å². The van der Waals surface area contributed by atoms with Gasteiger partial charge in [-0.2, -0.15) is 0 Å². The minimum atomic E-state index is -0.799. The van der Waals surface area contributed by atoms with Gasteiger partial charge in [0, 0.05) is 0 Å². The Kier molecular flexibility index (Phi) is 5.70. The average molecular weight is 166 g/mol. The summed E-state index contributed by atoms with van der Waals surface area (Å²) >= 11 is 0. The largest absolute Gasteiger partial charge is 0.481 e. The molecule has 12 heavy (non-hydrogen) atoms. The number of allylic oxidation sites excluding steroid dienone is 4. The molecule has 0 fully saturated rings. The van der Waals surface area contributed by atoms with Crippen molar-refractivity contribution in [2.45, 2.75) is 19.8 Å². The lowest BCUT2D eigenvalue weighted by atomic mass is 10.1. The van der Waals surface area contributed by atoms with Gasteiger partial charge in [0.2, 0.25) is 0 Å². The summed E-state index contributed by atoms with van der Waals surface area (Å²) in [4.78, 5) is 10.1. The van der Waals surface area contributed by atoms with Gasteiger partial charge < -0.3 is 5.11 Å². The van der Waals surface area contributed by atoms with Crippen molar-refractivity contribution >= 4 is 5.97 Å². The third-order valence-electron chi connectivity index (χ3n) is 1.45. The predicted octanol–water partition coefficient (Wildman–Crippen LogP) is 2.54. The lowest BCUT2D eigenvalue weighted by molar-refractivity contribution is -0.136. The Hall–Kier alpha value is -1.31. The standard InChI is InChI=1S/C10H14O2/c1-3-9(4-2)7-5-6-8-10(11)12/h3-6H,1,7-8H2,2H3,(H,11,12). The highest BCUT2D eigenvalue weighted by Gasteiger charge is 1.89. The van der Waals surface area contributed by atoms with E-state index in [1.54, 1.807) is 12.2 Å². The fraction of sp³-hybridized carbons (Fsp3) is 0.300. The molecular weight excluding hydrogens is 152 g/mol. The van der Waals surface area contributed by atoms with Crippen LogP contribution < -0.4 is 0 Å². The van der Waals surface area contributed by atoms with Crippen molar-refractivity contribution in [2.24, 2.45) is 0 Å². The maximum atomic E-state index is 10.1. The third-order valence-corrected chi connectivity index (χ3v) is 1.45. The molecule has 0 amide bonds. The van der Waals surface area contributed by atoms with E-state index in [1.165, 1.54) is 0 Å². The van der Waals surface area contributed by atoms with E-state index in [0.29, 0.717) is 0 Å². The first-order valence-corrected chi connectivity index (χ1v) is 3.85.